The molecule has 2 rings (SSSR count). The number of benzene rings is 1. The van der Waals surface area contributed by atoms with E-state index in [1.807, 2.05) is 24.3 Å². The van der Waals surface area contributed by atoms with Gasteiger partial charge in [0.25, 0.3) is 0 Å². The molecule has 0 atom stereocenters. The van der Waals surface area contributed by atoms with E-state index < -0.39 is 0 Å². The van der Waals surface area contributed by atoms with Crippen molar-refractivity contribution < 1.29 is 9.47 Å². The van der Waals surface area contributed by atoms with Crippen LogP contribution in [0.2, 0.25) is 0 Å². The molecule has 1 saturated carbocycles. The van der Waals surface area contributed by atoms with E-state index in [4.69, 9.17) is 15.2 Å². The van der Waals surface area contributed by atoms with E-state index in [1.165, 1.54) is 0 Å². The van der Waals surface area contributed by atoms with Gasteiger partial charge in [-0.3, -0.25) is 0 Å². The molecule has 0 amide bonds. The van der Waals surface area contributed by atoms with Gasteiger partial charge in [-0.1, -0.05) is 18.2 Å². The van der Waals surface area contributed by atoms with Gasteiger partial charge < -0.3 is 15.2 Å². The number of nitrogens with two attached hydrogens (primary N) is 1. The Balaban J connectivity index is 1.81. The van der Waals surface area contributed by atoms with Crippen molar-refractivity contribution in [2.24, 2.45) is 11.7 Å². The summed E-state index contributed by atoms with van der Waals surface area (Å²) in [5.41, 5.74) is 6.69. The van der Waals surface area contributed by atoms with Crippen LogP contribution in [0.25, 0.3) is 0 Å². The van der Waals surface area contributed by atoms with Crippen LogP contribution in [0, 0.1) is 5.92 Å². The minimum atomic E-state index is 0.387. The lowest BCUT2D eigenvalue weighted by molar-refractivity contribution is -0.0381. The summed E-state index contributed by atoms with van der Waals surface area (Å²) in [5, 5.41) is 0. The Bertz CT molecular complexity index is 334. The maximum Gasteiger partial charge on any atom is 0.124 e. The van der Waals surface area contributed by atoms with Crippen molar-refractivity contribution in [1.82, 2.24) is 0 Å². The first-order valence-electron chi connectivity index (χ1n) is 5.77. The van der Waals surface area contributed by atoms with E-state index in [1.54, 1.807) is 7.11 Å². The first-order valence-corrected chi connectivity index (χ1v) is 5.77. The molecular weight excluding hydrogens is 202 g/mol. The highest BCUT2D eigenvalue weighted by molar-refractivity contribution is 5.32. The van der Waals surface area contributed by atoms with Crippen LogP contribution in [0.4, 0.5) is 0 Å². The Morgan fingerprint density at radius 3 is 2.75 bits per heavy atom. The van der Waals surface area contributed by atoms with Crippen LogP contribution in [0.3, 0.4) is 0 Å². The summed E-state index contributed by atoms with van der Waals surface area (Å²) in [5.74, 6) is 1.57. The molecule has 0 aliphatic heterocycles. The van der Waals surface area contributed by atoms with E-state index in [0.29, 0.717) is 18.6 Å². The standard InChI is InChI=1S/C13H19NO2/c1-15-13-5-3-2-4-11(13)9-16-12-6-10(7-12)8-14/h2-5,10,12H,6-9,14H2,1H3. The number of hydrogen-bond acceptors (Lipinski definition) is 3. The predicted molar refractivity (Wildman–Crippen MR) is 63.3 cm³/mol. The molecule has 3 heteroatoms. The number of rotatable bonds is 5. The van der Waals surface area contributed by atoms with Crippen LogP contribution < -0.4 is 10.5 Å². The second-order valence-electron chi connectivity index (χ2n) is 4.32. The second kappa shape index (κ2) is 5.32. The third-order valence-corrected chi connectivity index (χ3v) is 3.19. The Labute approximate surface area is 96.5 Å². The Morgan fingerprint density at radius 2 is 2.06 bits per heavy atom. The Hall–Kier alpha value is -1.06. The van der Waals surface area contributed by atoms with E-state index in [9.17, 15) is 0 Å². The van der Waals surface area contributed by atoms with Crippen molar-refractivity contribution >= 4 is 0 Å². The third-order valence-electron chi connectivity index (χ3n) is 3.19. The quantitative estimate of drug-likeness (QED) is 0.826. The van der Waals surface area contributed by atoms with Crippen molar-refractivity contribution in [1.29, 1.82) is 0 Å². The van der Waals surface area contributed by atoms with Gasteiger partial charge in [0.15, 0.2) is 0 Å². The molecule has 0 radical (unpaired) electrons. The van der Waals surface area contributed by atoms with E-state index in [-0.39, 0.29) is 0 Å². The van der Waals surface area contributed by atoms with Gasteiger partial charge in [0.1, 0.15) is 5.75 Å². The van der Waals surface area contributed by atoms with Gasteiger partial charge in [-0.25, -0.2) is 0 Å². The van der Waals surface area contributed by atoms with Crippen LogP contribution in [0.5, 0.6) is 5.75 Å². The summed E-state index contributed by atoms with van der Waals surface area (Å²) in [6.07, 6.45) is 2.59. The summed E-state index contributed by atoms with van der Waals surface area (Å²) in [6, 6.07) is 7.97. The zero-order chi connectivity index (χ0) is 11.4. The van der Waals surface area contributed by atoms with Crippen LogP contribution in [-0.2, 0) is 11.3 Å². The SMILES string of the molecule is COc1ccccc1COC1CC(CN)C1. The van der Waals surface area contributed by atoms with Gasteiger partial charge in [-0.05, 0) is 31.4 Å². The van der Waals surface area contributed by atoms with Crippen LogP contribution >= 0.6 is 0 Å². The maximum atomic E-state index is 5.80. The van der Waals surface area contributed by atoms with Crippen molar-refractivity contribution in [2.45, 2.75) is 25.6 Å². The smallest absolute Gasteiger partial charge is 0.124 e. The zero-order valence-corrected chi connectivity index (χ0v) is 9.69. The largest absolute Gasteiger partial charge is 0.496 e. The molecule has 1 aromatic rings. The second-order valence-corrected chi connectivity index (χ2v) is 4.32. The monoisotopic (exact) mass is 221 g/mol. The lowest BCUT2D eigenvalue weighted by atomic mass is 9.82. The number of methoxy groups -OCH3 is 1. The van der Waals surface area contributed by atoms with Gasteiger partial charge in [-0.15, -0.1) is 0 Å². The Kier molecular flexibility index (Phi) is 3.80. The first kappa shape index (κ1) is 11.4. The molecule has 3 nitrogen and oxygen atoms in total. The fraction of sp³-hybridized carbons (Fsp3) is 0.538. The minimum Gasteiger partial charge on any atom is -0.496 e. The van der Waals surface area contributed by atoms with Gasteiger partial charge in [-0.2, -0.15) is 0 Å². The van der Waals surface area contributed by atoms with Crippen molar-refractivity contribution in [2.75, 3.05) is 13.7 Å². The van der Waals surface area contributed by atoms with E-state index in [2.05, 4.69) is 0 Å². The molecule has 0 heterocycles. The lowest BCUT2D eigenvalue weighted by Crippen LogP contribution is -2.35. The fourth-order valence-electron chi connectivity index (χ4n) is 2.03. The molecule has 16 heavy (non-hydrogen) atoms. The summed E-state index contributed by atoms with van der Waals surface area (Å²) >= 11 is 0. The molecule has 1 fully saturated rings. The normalized spacial score (nSPS) is 23.9. The summed E-state index contributed by atoms with van der Waals surface area (Å²) < 4.78 is 11.1. The third kappa shape index (κ3) is 2.54. The van der Waals surface area contributed by atoms with Crippen LogP contribution in [0.1, 0.15) is 18.4 Å². The minimum absolute atomic E-state index is 0.387. The average molecular weight is 221 g/mol. The van der Waals surface area contributed by atoms with Crippen molar-refractivity contribution in [3.8, 4) is 5.75 Å². The lowest BCUT2D eigenvalue weighted by Gasteiger charge is -2.34. The summed E-state index contributed by atoms with van der Waals surface area (Å²) in [7, 11) is 1.69. The van der Waals surface area contributed by atoms with Gasteiger partial charge in [0, 0.05) is 5.56 Å². The fourth-order valence-corrected chi connectivity index (χ4v) is 2.03. The van der Waals surface area contributed by atoms with Gasteiger partial charge in [0.2, 0.25) is 0 Å². The highest BCUT2D eigenvalue weighted by Crippen LogP contribution is 2.30. The highest BCUT2D eigenvalue weighted by atomic mass is 16.5. The molecule has 88 valence electrons. The van der Waals surface area contributed by atoms with Gasteiger partial charge in [0.05, 0.1) is 19.8 Å². The van der Waals surface area contributed by atoms with E-state index >= 15 is 0 Å². The predicted octanol–water partition coefficient (Wildman–Crippen LogP) is 1.95. The topological polar surface area (TPSA) is 44.5 Å². The molecule has 0 bridgehead atoms. The number of para-hydroxylation sites is 1. The van der Waals surface area contributed by atoms with Crippen molar-refractivity contribution in [3.63, 3.8) is 0 Å². The first-order chi connectivity index (χ1) is 7.83. The van der Waals surface area contributed by atoms with Crippen LogP contribution in [0.15, 0.2) is 24.3 Å². The van der Waals surface area contributed by atoms with Crippen molar-refractivity contribution in [3.05, 3.63) is 29.8 Å². The van der Waals surface area contributed by atoms with Gasteiger partial charge >= 0.3 is 0 Å². The van der Waals surface area contributed by atoms with Crippen LogP contribution in [-0.4, -0.2) is 19.8 Å². The molecule has 2 N–H and O–H groups in total. The molecule has 0 unspecified atom stereocenters. The zero-order valence-electron chi connectivity index (χ0n) is 9.69. The molecular formula is C13H19NO2. The Morgan fingerprint density at radius 1 is 1.31 bits per heavy atom. The maximum absolute atomic E-state index is 5.80. The number of ether oxygens (including phenoxy) is 2. The molecule has 1 aliphatic rings. The molecule has 0 saturated heterocycles. The summed E-state index contributed by atoms with van der Waals surface area (Å²) in [4.78, 5) is 0. The van der Waals surface area contributed by atoms with E-state index in [0.717, 1.165) is 30.7 Å². The molecule has 1 aliphatic carbocycles. The average Bonchev–Trinajstić information content (AvgIpc) is 2.28. The molecule has 0 spiro atoms. The highest BCUT2D eigenvalue weighted by Gasteiger charge is 2.28. The molecule has 1 aromatic carbocycles. The molecule has 0 aromatic heterocycles. The number of hydrogen-bond donors (Lipinski definition) is 1. The summed E-state index contributed by atoms with van der Waals surface area (Å²) in [6.45, 7) is 1.42.